The number of carbonyl (C=O) groups excluding carboxylic acids is 1. The summed E-state index contributed by atoms with van der Waals surface area (Å²) in [6.07, 6.45) is 3.18. The average Bonchev–Trinajstić information content (AvgIpc) is 2.80. The number of hydrogen-bond donors (Lipinski definition) is 1. The van der Waals surface area contributed by atoms with E-state index in [-0.39, 0.29) is 25.0 Å². The number of carbonyl (C=O) groups is 1. The van der Waals surface area contributed by atoms with Gasteiger partial charge in [0.1, 0.15) is 6.61 Å². The van der Waals surface area contributed by atoms with Crippen LogP contribution < -0.4 is 0 Å². The van der Waals surface area contributed by atoms with Crippen LogP contribution in [0.2, 0.25) is 0 Å². The molecule has 0 saturated heterocycles. The molecule has 4 nitrogen and oxygen atoms in total. The SMILES string of the molecule is Cc1ccc(C(=O)OCc2cnc[nH]2)cc1.Cl. The third-order valence-corrected chi connectivity index (χ3v) is 2.20. The molecule has 2 rings (SSSR count). The van der Waals surface area contributed by atoms with Gasteiger partial charge < -0.3 is 9.72 Å². The number of halogens is 1. The maximum absolute atomic E-state index is 11.6. The predicted molar refractivity (Wildman–Crippen MR) is 66.1 cm³/mol. The van der Waals surface area contributed by atoms with Crippen molar-refractivity contribution in [2.24, 2.45) is 0 Å². The monoisotopic (exact) mass is 252 g/mol. The van der Waals surface area contributed by atoms with Crippen LogP contribution in [0.4, 0.5) is 0 Å². The third kappa shape index (κ3) is 3.60. The standard InChI is InChI=1S/C12H12N2O2.ClH/c1-9-2-4-10(5-3-9)12(15)16-7-11-6-13-8-14-11;/h2-6,8H,7H2,1H3,(H,13,14);1H. The van der Waals surface area contributed by atoms with Crippen LogP contribution in [-0.4, -0.2) is 15.9 Å². The Kier molecular flexibility index (Phi) is 4.72. The number of esters is 1. The zero-order valence-corrected chi connectivity index (χ0v) is 10.2. The maximum atomic E-state index is 11.6. The van der Waals surface area contributed by atoms with Gasteiger partial charge in [-0.2, -0.15) is 0 Å². The summed E-state index contributed by atoms with van der Waals surface area (Å²) in [7, 11) is 0. The minimum Gasteiger partial charge on any atom is -0.456 e. The van der Waals surface area contributed by atoms with Crippen molar-refractivity contribution in [1.82, 2.24) is 9.97 Å². The number of aryl methyl sites for hydroxylation is 1. The van der Waals surface area contributed by atoms with Gasteiger partial charge in [-0.3, -0.25) is 0 Å². The van der Waals surface area contributed by atoms with Crippen molar-refractivity contribution in [2.45, 2.75) is 13.5 Å². The molecule has 0 radical (unpaired) electrons. The molecule has 1 aromatic heterocycles. The molecule has 0 amide bonds. The van der Waals surface area contributed by atoms with E-state index in [2.05, 4.69) is 9.97 Å². The number of aromatic amines is 1. The molecule has 0 bridgehead atoms. The van der Waals surface area contributed by atoms with Gasteiger partial charge >= 0.3 is 5.97 Å². The molecule has 0 aliphatic heterocycles. The van der Waals surface area contributed by atoms with E-state index in [0.29, 0.717) is 5.56 Å². The van der Waals surface area contributed by atoms with E-state index in [0.717, 1.165) is 11.3 Å². The lowest BCUT2D eigenvalue weighted by Gasteiger charge is -2.03. The summed E-state index contributed by atoms with van der Waals surface area (Å²) in [4.78, 5) is 18.3. The first kappa shape index (κ1) is 13.3. The zero-order valence-electron chi connectivity index (χ0n) is 9.34. The van der Waals surface area contributed by atoms with Gasteiger partial charge in [0, 0.05) is 0 Å². The van der Waals surface area contributed by atoms with Crippen LogP contribution in [0.1, 0.15) is 21.6 Å². The Morgan fingerprint density at radius 2 is 2.06 bits per heavy atom. The summed E-state index contributed by atoms with van der Waals surface area (Å²) >= 11 is 0. The van der Waals surface area contributed by atoms with Crippen molar-refractivity contribution >= 4 is 18.4 Å². The number of imidazole rings is 1. The number of rotatable bonds is 3. The second-order valence-electron chi connectivity index (χ2n) is 3.52. The minimum atomic E-state index is -0.324. The van der Waals surface area contributed by atoms with Gasteiger partial charge in [0.15, 0.2) is 0 Å². The highest BCUT2D eigenvalue weighted by atomic mass is 35.5. The summed E-state index contributed by atoms with van der Waals surface area (Å²) < 4.78 is 5.10. The molecule has 5 heteroatoms. The van der Waals surface area contributed by atoms with Crippen molar-refractivity contribution in [3.05, 3.63) is 53.6 Å². The molecule has 2 aromatic rings. The van der Waals surface area contributed by atoms with E-state index in [1.807, 2.05) is 19.1 Å². The van der Waals surface area contributed by atoms with Crippen molar-refractivity contribution < 1.29 is 9.53 Å². The summed E-state index contributed by atoms with van der Waals surface area (Å²) in [5, 5.41) is 0. The number of nitrogens with one attached hydrogen (secondary N) is 1. The van der Waals surface area contributed by atoms with E-state index < -0.39 is 0 Å². The van der Waals surface area contributed by atoms with E-state index in [4.69, 9.17) is 4.74 Å². The largest absolute Gasteiger partial charge is 0.456 e. The average molecular weight is 253 g/mol. The van der Waals surface area contributed by atoms with Gasteiger partial charge in [-0.05, 0) is 19.1 Å². The fourth-order valence-electron chi connectivity index (χ4n) is 1.28. The second-order valence-corrected chi connectivity index (χ2v) is 3.52. The van der Waals surface area contributed by atoms with Crippen LogP contribution in [0.3, 0.4) is 0 Å². The number of hydrogen-bond acceptors (Lipinski definition) is 3. The van der Waals surface area contributed by atoms with Crippen LogP contribution in [0, 0.1) is 6.92 Å². The van der Waals surface area contributed by atoms with E-state index in [1.54, 1.807) is 24.7 Å². The molecule has 0 unspecified atom stereocenters. The summed E-state index contributed by atoms with van der Waals surface area (Å²) in [6, 6.07) is 7.27. The van der Waals surface area contributed by atoms with Gasteiger partial charge in [0.05, 0.1) is 23.8 Å². The normalized spacial score (nSPS) is 9.47. The topological polar surface area (TPSA) is 55.0 Å². The number of benzene rings is 1. The number of H-pyrrole nitrogens is 1. The molecule has 0 fully saturated rings. The second kappa shape index (κ2) is 6.06. The third-order valence-electron chi connectivity index (χ3n) is 2.20. The van der Waals surface area contributed by atoms with Crippen molar-refractivity contribution in [2.75, 3.05) is 0 Å². The number of aromatic nitrogens is 2. The van der Waals surface area contributed by atoms with Crippen LogP contribution in [0.15, 0.2) is 36.8 Å². The van der Waals surface area contributed by atoms with Crippen LogP contribution >= 0.6 is 12.4 Å². The Labute approximate surface area is 105 Å². The van der Waals surface area contributed by atoms with Gasteiger partial charge in [-0.1, -0.05) is 17.7 Å². The molecule has 1 N–H and O–H groups in total. The summed E-state index contributed by atoms with van der Waals surface area (Å²) in [5.74, 6) is -0.324. The molecule has 1 heterocycles. The molecule has 0 aliphatic rings. The van der Waals surface area contributed by atoms with E-state index >= 15 is 0 Å². The van der Waals surface area contributed by atoms with Crippen molar-refractivity contribution in [3.8, 4) is 0 Å². The molecule has 0 saturated carbocycles. The lowest BCUT2D eigenvalue weighted by Crippen LogP contribution is -2.05. The lowest BCUT2D eigenvalue weighted by atomic mass is 10.1. The molecule has 90 valence electrons. The fourth-order valence-corrected chi connectivity index (χ4v) is 1.28. The zero-order chi connectivity index (χ0) is 11.4. The first-order valence-corrected chi connectivity index (χ1v) is 4.97. The van der Waals surface area contributed by atoms with Crippen molar-refractivity contribution in [1.29, 1.82) is 0 Å². The lowest BCUT2D eigenvalue weighted by molar-refractivity contribution is 0.0468. The fraction of sp³-hybridized carbons (Fsp3) is 0.167. The highest BCUT2D eigenvalue weighted by Gasteiger charge is 2.06. The molecule has 0 atom stereocenters. The molecule has 17 heavy (non-hydrogen) atoms. The Balaban J connectivity index is 0.00000144. The number of nitrogens with zero attached hydrogens (tertiary/aromatic N) is 1. The van der Waals surface area contributed by atoms with Crippen LogP contribution in [0.5, 0.6) is 0 Å². The van der Waals surface area contributed by atoms with Gasteiger partial charge in [0.2, 0.25) is 0 Å². The summed E-state index contributed by atoms with van der Waals surface area (Å²) in [6.45, 7) is 2.19. The Morgan fingerprint density at radius 3 is 2.65 bits per heavy atom. The molecule has 0 spiro atoms. The van der Waals surface area contributed by atoms with Gasteiger partial charge in [0.25, 0.3) is 0 Å². The van der Waals surface area contributed by atoms with Crippen LogP contribution in [-0.2, 0) is 11.3 Å². The van der Waals surface area contributed by atoms with E-state index in [1.165, 1.54) is 0 Å². The van der Waals surface area contributed by atoms with Gasteiger partial charge in [-0.15, -0.1) is 12.4 Å². The predicted octanol–water partition coefficient (Wildman–Crippen LogP) is 2.50. The Hall–Kier alpha value is -1.81. The molecule has 0 aliphatic carbocycles. The van der Waals surface area contributed by atoms with Gasteiger partial charge in [-0.25, -0.2) is 9.78 Å². The first-order valence-electron chi connectivity index (χ1n) is 4.97. The highest BCUT2D eigenvalue weighted by Crippen LogP contribution is 2.06. The summed E-state index contributed by atoms with van der Waals surface area (Å²) in [5.41, 5.74) is 2.45. The van der Waals surface area contributed by atoms with Crippen molar-refractivity contribution in [3.63, 3.8) is 0 Å². The number of ether oxygens (including phenoxy) is 1. The molecular weight excluding hydrogens is 240 g/mol. The van der Waals surface area contributed by atoms with E-state index in [9.17, 15) is 4.79 Å². The molecule has 1 aromatic carbocycles. The molecular formula is C12H13ClN2O2. The minimum absolute atomic E-state index is 0. The Morgan fingerprint density at radius 1 is 1.35 bits per heavy atom. The maximum Gasteiger partial charge on any atom is 0.338 e. The highest BCUT2D eigenvalue weighted by molar-refractivity contribution is 5.89. The first-order chi connectivity index (χ1) is 7.75. The quantitative estimate of drug-likeness (QED) is 0.854. The van der Waals surface area contributed by atoms with Crippen LogP contribution in [0.25, 0.3) is 0 Å². The smallest absolute Gasteiger partial charge is 0.338 e. The Bertz CT molecular complexity index is 466.